The first-order chi connectivity index (χ1) is 9.98. The molecule has 3 atom stereocenters. The molecular formula is C14H25N3O4. The lowest BCUT2D eigenvalue weighted by atomic mass is 9.79. The van der Waals surface area contributed by atoms with Gasteiger partial charge in [0.1, 0.15) is 6.42 Å². The van der Waals surface area contributed by atoms with Gasteiger partial charge in [-0.3, -0.25) is 10.1 Å². The molecule has 1 rings (SSSR count). The molecule has 1 aliphatic heterocycles. The molecular weight excluding hydrogens is 274 g/mol. The fourth-order valence-corrected chi connectivity index (χ4v) is 2.98. The Morgan fingerprint density at radius 2 is 2.29 bits per heavy atom. The van der Waals surface area contributed by atoms with Crippen molar-refractivity contribution >= 4 is 0 Å². The fraction of sp³-hybridized carbons (Fsp3) is 0.929. The Bertz CT molecular complexity index is 394. The van der Waals surface area contributed by atoms with Crippen LogP contribution in [0.25, 0.3) is 0 Å². The van der Waals surface area contributed by atoms with E-state index >= 15 is 0 Å². The Hall–Kier alpha value is -1.23. The summed E-state index contributed by atoms with van der Waals surface area (Å²) < 4.78 is 11.6. The Morgan fingerprint density at radius 3 is 2.71 bits per heavy atom. The summed E-state index contributed by atoms with van der Waals surface area (Å²) in [6, 6.07) is 1.96. The molecule has 0 spiro atoms. The first kappa shape index (κ1) is 17.8. The van der Waals surface area contributed by atoms with Gasteiger partial charge < -0.3 is 15.2 Å². The predicted molar refractivity (Wildman–Crippen MR) is 77.0 cm³/mol. The van der Waals surface area contributed by atoms with Crippen LogP contribution in [0.1, 0.15) is 52.4 Å². The smallest absolute Gasteiger partial charge is 0.287 e. The average Bonchev–Trinajstić information content (AvgIpc) is 2.80. The molecule has 0 aromatic heterocycles. The van der Waals surface area contributed by atoms with E-state index in [2.05, 4.69) is 0 Å². The molecule has 7 nitrogen and oxygen atoms in total. The van der Waals surface area contributed by atoms with Gasteiger partial charge in [0.15, 0.2) is 0 Å². The van der Waals surface area contributed by atoms with Gasteiger partial charge in [-0.05, 0) is 26.3 Å². The normalized spacial score (nSPS) is 28.0. The zero-order valence-electron chi connectivity index (χ0n) is 12.8. The average molecular weight is 299 g/mol. The van der Waals surface area contributed by atoms with E-state index in [0.717, 1.165) is 0 Å². The molecule has 1 saturated heterocycles. The standard InChI is InChI=1S/C14H25N3O4/c1-3-6-14(20-11-12(2)21-14)13(8-10-16,17(18)19)7-4-5-9-15/h12H,3-9,11,15H2,1-2H3. The van der Waals surface area contributed by atoms with Crippen molar-refractivity contribution in [1.29, 1.82) is 5.26 Å². The number of hydrogen-bond donors (Lipinski definition) is 1. The summed E-state index contributed by atoms with van der Waals surface area (Å²) in [5.74, 6) is -1.31. The van der Waals surface area contributed by atoms with Crippen molar-refractivity contribution in [2.24, 2.45) is 5.73 Å². The summed E-state index contributed by atoms with van der Waals surface area (Å²) in [7, 11) is 0. The number of nitriles is 1. The Kier molecular flexibility index (Phi) is 6.52. The summed E-state index contributed by atoms with van der Waals surface area (Å²) in [5, 5.41) is 21.0. The van der Waals surface area contributed by atoms with Crippen molar-refractivity contribution in [3.63, 3.8) is 0 Å². The minimum absolute atomic E-state index is 0.205. The van der Waals surface area contributed by atoms with E-state index in [1.807, 2.05) is 19.9 Å². The van der Waals surface area contributed by atoms with Gasteiger partial charge in [0, 0.05) is 17.8 Å². The van der Waals surface area contributed by atoms with Gasteiger partial charge in [0.05, 0.1) is 18.8 Å². The Balaban J connectivity index is 3.17. The van der Waals surface area contributed by atoms with Crippen molar-refractivity contribution in [3.8, 4) is 6.07 Å². The number of hydrogen-bond acceptors (Lipinski definition) is 6. The molecule has 2 N–H and O–H groups in total. The molecule has 1 fully saturated rings. The SMILES string of the molecule is CCCC1(C(CC#N)(CCCCN)[N+](=O)[O-])OCC(C)O1. The lowest BCUT2D eigenvalue weighted by Crippen LogP contribution is -2.60. The Labute approximate surface area is 125 Å². The number of nitro groups is 1. The van der Waals surface area contributed by atoms with Gasteiger partial charge in [0.25, 0.3) is 5.54 Å². The van der Waals surface area contributed by atoms with E-state index in [9.17, 15) is 10.1 Å². The number of ether oxygens (including phenoxy) is 2. The second-order valence-corrected chi connectivity index (χ2v) is 5.61. The highest BCUT2D eigenvalue weighted by molar-refractivity contribution is 5.03. The molecule has 21 heavy (non-hydrogen) atoms. The molecule has 7 heteroatoms. The lowest BCUT2D eigenvalue weighted by Gasteiger charge is -2.38. The molecule has 1 aliphatic rings. The van der Waals surface area contributed by atoms with Crippen molar-refractivity contribution in [2.75, 3.05) is 13.2 Å². The summed E-state index contributed by atoms with van der Waals surface area (Å²) in [6.07, 6.45) is 2.15. The summed E-state index contributed by atoms with van der Waals surface area (Å²) in [5.41, 5.74) is 3.95. The maximum absolute atomic E-state index is 11.8. The minimum Gasteiger partial charge on any atom is -0.341 e. The van der Waals surface area contributed by atoms with Crippen LogP contribution >= 0.6 is 0 Å². The van der Waals surface area contributed by atoms with Gasteiger partial charge in [0.2, 0.25) is 5.79 Å². The molecule has 0 radical (unpaired) electrons. The summed E-state index contributed by atoms with van der Waals surface area (Å²) in [6.45, 7) is 4.54. The maximum Gasteiger partial charge on any atom is 0.287 e. The number of rotatable bonds is 9. The van der Waals surface area contributed by atoms with E-state index in [4.69, 9.17) is 20.5 Å². The van der Waals surface area contributed by atoms with Gasteiger partial charge in [-0.1, -0.05) is 13.3 Å². The van der Waals surface area contributed by atoms with Gasteiger partial charge >= 0.3 is 0 Å². The number of nitrogens with two attached hydrogens (primary N) is 1. The Morgan fingerprint density at radius 1 is 1.57 bits per heavy atom. The zero-order chi connectivity index (χ0) is 15.9. The topological polar surface area (TPSA) is 111 Å². The third kappa shape index (κ3) is 3.51. The van der Waals surface area contributed by atoms with Crippen LogP contribution in [0.5, 0.6) is 0 Å². The third-order valence-electron chi connectivity index (χ3n) is 4.00. The highest BCUT2D eigenvalue weighted by atomic mass is 16.8. The van der Waals surface area contributed by atoms with Crippen LogP contribution in [-0.2, 0) is 9.47 Å². The molecule has 0 bridgehead atoms. The van der Waals surface area contributed by atoms with Crippen LogP contribution in [0.2, 0.25) is 0 Å². The first-order valence-corrected chi connectivity index (χ1v) is 7.51. The van der Waals surface area contributed by atoms with Crippen molar-refractivity contribution in [3.05, 3.63) is 10.1 Å². The largest absolute Gasteiger partial charge is 0.341 e. The van der Waals surface area contributed by atoms with Gasteiger partial charge in [-0.2, -0.15) is 5.26 Å². The maximum atomic E-state index is 11.8. The monoisotopic (exact) mass is 299 g/mol. The van der Waals surface area contributed by atoms with E-state index in [0.29, 0.717) is 38.8 Å². The third-order valence-corrected chi connectivity index (χ3v) is 4.00. The zero-order valence-corrected chi connectivity index (χ0v) is 12.8. The molecule has 0 saturated carbocycles. The van der Waals surface area contributed by atoms with Gasteiger partial charge in [-0.25, -0.2) is 0 Å². The van der Waals surface area contributed by atoms with Crippen LogP contribution < -0.4 is 5.73 Å². The molecule has 0 aromatic carbocycles. The molecule has 0 aliphatic carbocycles. The van der Waals surface area contributed by atoms with Crippen LogP contribution in [0.4, 0.5) is 0 Å². The highest BCUT2D eigenvalue weighted by Crippen LogP contribution is 2.44. The lowest BCUT2D eigenvalue weighted by molar-refractivity contribution is -0.612. The van der Waals surface area contributed by atoms with E-state index < -0.39 is 11.3 Å². The fourth-order valence-electron chi connectivity index (χ4n) is 2.98. The molecule has 0 amide bonds. The highest BCUT2D eigenvalue weighted by Gasteiger charge is 2.65. The first-order valence-electron chi connectivity index (χ1n) is 7.51. The van der Waals surface area contributed by atoms with Crippen LogP contribution in [0.15, 0.2) is 0 Å². The molecule has 0 aromatic rings. The number of nitrogens with zero attached hydrogens (tertiary/aromatic N) is 2. The number of unbranched alkanes of at least 4 members (excludes halogenated alkanes) is 1. The second-order valence-electron chi connectivity index (χ2n) is 5.61. The summed E-state index contributed by atoms with van der Waals surface area (Å²) >= 11 is 0. The molecule has 1 heterocycles. The van der Waals surface area contributed by atoms with Gasteiger partial charge in [-0.15, -0.1) is 0 Å². The quantitative estimate of drug-likeness (QED) is 0.396. The predicted octanol–water partition coefficient (Wildman–Crippen LogP) is 1.98. The van der Waals surface area contributed by atoms with Crippen LogP contribution in [0, 0.1) is 21.4 Å². The van der Waals surface area contributed by atoms with E-state index in [-0.39, 0.29) is 23.9 Å². The van der Waals surface area contributed by atoms with Crippen LogP contribution in [0.3, 0.4) is 0 Å². The minimum atomic E-state index is -1.53. The summed E-state index contributed by atoms with van der Waals surface area (Å²) in [4.78, 5) is 11.5. The van der Waals surface area contributed by atoms with Crippen molar-refractivity contribution in [1.82, 2.24) is 0 Å². The second kappa shape index (κ2) is 7.69. The van der Waals surface area contributed by atoms with Crippen molar-refractivity contribution in [2.45, 2.75) is 69.8 Å². The molecule has 3 unspecified atom stereocenters. The molecule has 120 valence electrons. The van der Waals surface area contributed by atoms with E-state index in [1.54, 1.807) is 0 Å². The van der Waals surface area contributed by atoms with Crippen molar-refractivity contribution < 1.29 is 14.4 Å². The van der Waals surface area contributed by atoms with Crippen LogP contribution in [-0.4, -0.2) is 35.5 Å². The van der Waals surface area contributed by atoms with E-state index in [1.165, 1.54) is 0 Å².